The lowest BCUT2D eigenvalue weighted by atomic mass is 10.1. The first kappa shape index (κ1) is 7.59. The molecular weight excluding hydrogens is 124 g/mol. The third-order valence-corrected chi connectivity index (χ3v) is 1.46. The molecule has 56 valence electrons. The van der Waals surface area contributed by atoms with E-state index in [9.17, 15) is 0 Å². The van der Waals surface area contributed by atoms with Crippen LogP contribution in [0.3, 0.4) is 0 Å². The molecule has 1 aliphatic rings. The van der Waals surface area contributed by atoms with E-state index >= 15 is 0 Å². The summed E-state index contributed by atoms with van der Waals surface area (Å²) < 4.78 is 5.59. The maximum Gasteiger partial charge on any atom is 0.0659 e. The van der Waals surface area contributed by atoms with Crippen LogP contribution < -0.4 is 0 Å². The zero-order valence-electron chi connectivity index (χ0n) is 6.63. The molecule has 1 heteroatoms. The van der Waals surface area contributed by atoms with Crippen LogP contribution in [0.5, 0.6) is 0 Å². The van der Waals surface area contributed by atoms with Crippen molar-refractivity contribution in [3.63, 3.8) is 0 Å². The molecule has 0 fully saturated rings. The van der Waals surface area contributed by atoms with Gasteiger partial charge in [-0.3, -0.25) is 0 Å². The molecule has 1 aliphatic carbocycles. The maximum atomic E-state index is 5.59. The Balaban J connectivity index is 2.26. The Bertz CT molecular complexity index is 142. The van der Waals surface area contributed by atoms with Crippen molar-refractivity contribution >= 4 is 0 Å². The minimum Gasteiger partial charge on any atom is -0.375 e. The van der Waals surface area contributed by atoms with Gasteiger partial charge in [-0.05, 0) is 38.8 Å². The van der Waals surface area contributed by atoms with Crippen molar-refractivity contribution < 1.29 is 4.74 Å². The molecule has 0 heterocycles. The maximum absolute atomic E-state index is 5.59. The third-order valence-electron chi connectivity index (χ3n) is 1.46. The summed E-state index contributed by atoms with van der Waals surface area (Å²) in [6.45, 7) is 4.14. The van der Waals surface area contributed by atoms with Crippen LogP contribution in [0.15, 0.2) is 17.9 Å². The second-order valence-electron chi connectivity index (χ2n) is 2.85. The molecular formula is C9H14O. The predicted molar refractivity (Wildman–Crippen MR) is 41.9 cm³/mol. The van der Waals surface area contributed by atoms with Crippen molar-refractivity contribution in [3.8, 4) is 0 Å². The Hall–Kier alpha value is -0.520. The molecule has 0 N–H and O–H groups in total. The van der Waals surface area contributed by atoms with Crippen LogP contribution in [-0.4, -0.2) is 12.2 Å². The second kappa shape index (κ2) is 3.60. The van der Waals surface area contributed by atoms with E-state index in [2.05, 4.69) is 19.6 Å². The molecule has 0 aromatic carbocycles. The topological polar surface area (TPSA) is 9.23 Å². The minimum absolute atomic E-state index is 0.352. The molecule has 0 aliphatic heterocycles. The number of hydrogen-bond acceptors (Lipinski definition) is 1. The fraction of sp³-hybridized carbons (Fsp3) is 0.667. The lowest BCUT2D eigenvalue weighted by molar-refractivity contribution is 0.0109. The zero-order chi connectivity index (χ0) is 7.40. The van der Waals surface area contributed by atoms with Crippen LogP contribution in [0.1, 0.15) is 26.7 Å². The molecule has 0 aromatic heterocycles. The van der Waals surface area contributed by atoms with Gasteiger partial charge in [0, 0.05) is 0 Å². The van der Waals surface area contributed by atoms with E-state index in [0.717, 1.165) is 12.8 Å². The second-order valence-corrected chi connectivity index (χ2v) is 2.85. The number of rotatable bonds is 2. The van der Waals surface area contributed by atoms with Crippen LogP contribution in [0.2, 0.25) is 0 Å². The van der Waals surface area contributed by atoms with Crippen molar-refractivity contribution in [1.82, 2.24) is 0 Å². The van der Waals surface area contributed by atoms with E-state index in [1.165, 1.54) is 0 Å². The molecule has 0 radical (unpaired) electrons. The number of hydrogen-bond donors (Lipinski definition) is 0. The third kappa shape index (κ3) is 2.38. The molecule has 1 rings (SSSR count). The van der Waals surface area contributed by atoms with Gasteiger partial charge in [0.1, 0.15) is 0 Å². The Kier molecular flexibility index (Phi) is 2.73. The Labute approximate surface area is 62.4 Å². The van der Waals surface area contributed by atoms with E-state index in [0.29, 0.717) is 12.2 Å². The fourth-order valence-electron chi connectivity index (χ4n) is 1.07. The van der Waals surface area contributed by atoms with Gasteiger partial charge in [0.05, 0.1) is 12.2 Å². The van der Waals surface area contributed by atoms with Crippen molar-refractivity contribution in [2.75, 3.05) is 0 Å². The summed E-state index contributed by atoms with van der Waals surface area (Å²) in [7, 11) is 0. The Morgan fingerprint density at radius 2 is 2.00 bits per heavy atom. The van der Waals surface area contributed by atoms with Crippen molar-refractivity contribution in [3.05, 3.63) is 17.9 Å². The van der Waals surface area contributed by atoms with Gasteiger partial charge in [-0.2, -0.15) is 0 Å². The first-order valence-electron chi connectivity index (χ1n) is 3.84. The highest BCUT2D eigenvalue weighted by Crippen LogP contribution is 2.11. The highest BCUT2D eigenvalue weighted by atomic mass is 16.5. The van der Waals surface area contributed by atoms with Gasteiger partial charge >= 0.3 is 0 Å². The number of ether oxygens (including phenoxy) is 1. The molecule has 0 aromatic rings. The minimum atomic E-state index is 0.352. The van der Waals surface area contributed by atoms with Crippen molar-refractivity contribution in [2.45, 2.75) is 38.9 Å². The summed E-state index contributed by atoms with van der Waals surface area (Å²) >= 11 is 0. The molecule has 0 amide bonds. The molecule has 0 unspecified atom stereocenters. The van der Waals surface area contributed by atoms with E-state index in [1.54, 1.807) is 0 Å². The van der Waals surface area contributed by atoms with Crippen LogP contribution in [0, 0.1) is 0 Å². The van der Waals surface area contributed by atoms with Gasteiger partial charge in [-0.25, -0.2) is 0 Å². The average molecular weight is 138 g/mol. The van der Waals surface area contributed by atoms with Gasteiger partial charge in [-0.15, -0.1) is 5.73 Å². The van der Waals surface area contributed by atoms with E-state index in [-0.39, 0.29) is 0 Å². The summed E-state index contributed by atoms with van der Waals surface area (Å²) in [5.41, 5.74) is 3.06. The van der Waals surface area contributed by atoms with E-state index in [1.807, 2.05) is 12.2 Å². The Morgan fingerprint density at radius 1 is 1.40 bits per heavy atom. The molecule has 0 saturated heterocycles. The fourth-order valence-corrected chi connectivity index (χ4v) is 1.07. The average Bonchev–Trinajstić information content (AvgIpc) is 1.88. The van der Waals surface area contributed by atoms with Crippen LogP contribution >= 0.6 is 0 Å². The van der Waals surface area contributed by atoms with Gasteiger partial charge in [-0.1, -0.05) is 0 Å². The van der Waals surface area contributed by atoms with Gasteiger partial charge in [0.2, 0.25) is 0 Å². The predicted octanol–water partition coefficient (Wildman–Crippen LogP) is 2.29. The van der Waals surface area contributed by atoms with Crippen molar-refractivity contribution in [2.24, 2.45) is 0 Å². The zero-order valence-corrected chi connectivity index (χ0v) is 6.63. The molecule has 0 bridgehead atoms. The Morgan fingerprint density at radius 3 is 2.50 bits per heavy atom. The first-order chi connectivity index (χ1) is 4.79. The van der Waals surface area contributed by atoms with Crippen LogP contribution in [-0.2, 0) is 4.74 Å². The van der Waals surface area contributed by atoms with E-state index in [4.69, 9.17) is 4.74 Å². The highest BCUT2D eigenvalue weighted by molar-refractivity contribution is 4.94. The summed E-state index contributed by atoms with van der Waals surface area (Å²) in [4.78, 5) is 0. The van der Waals surface area contributed by atoms with Gasteiger partial charge < -0.3 is 4.74 Å². The van der Waals surface area contributed by atoms with Crippen LogP contribution in [0.25, 0.3) is 0 Å². The highest BCUT2D eigenvalue weighted by Gasteiger charge is 2.08. The summed E-state index contributed by atoms with van der Waals surface area (Å²) in [5.74, 6) is 0. The summed E-state index contributed by atoms with van der Waals surface area (Å²) in [5, 5.41) is 0. The lowest BCUT2D eigenvalue weighted by Gasteiger charge is -2.18. The van der Waals surface area contributed by atoms with Gasteiger partial charge in [0.15, 0.2) is 0 Å². The lowest BCUT2D eigenvalue weighted by Crippen LogP contribution is -2.17. The molecule has 0 spiro atoms. The SMILES string of the molecule is CC(C)OC1CC=C=CC1. The van der Waals surface area contributed by atoms with Crippen molar-refractivity contribution in [1.29, 1.82) is 0 Å². The normalized spacial score (nSPS) is 18.7. The largest absolute Gasteiger partial charge is 0.375 e. The summed E-state index contributed by atoms with van der Waals surface area (Å²) in [6.07, 6.45) is 6.88. The molecule has 1 nitrogen and oxygen atoms in total. The monoisotopic (exact) mass is 138 g/mol. The van der Waals surface area contributed by atoms with Gasteiger partial charge in [0.25, 0.3) is 0 Å². The first-order valence-corrected chi connectivity index (χ1v) is 3.84. The molecule has 0 saturated carbocycles. The van der Waals surface area contributed by atoms with E-state index < -0.39 is 0 Å². The molecule has 10 heavy (non-hydrogen) atoms. The smallest absolute Gasteiger partial charge is 0.0659 e. The standard InChI is InChI=1S/C9H14O/c1-8(2)10-9-6-4-3-5-7-9/h4-5,8-9H,6-7H2,1-2H3. The summed E-state index contributed by atoms with van der Waals surface area (Å²) in [6, 6.07) is 0. The quantitative estimate of drug-likeness (QED) is 0.532. The molecule has 0 atom stereocenters. The van der Waals surface area contributed by atoms with Crippen LogP contribution in [0.4, 0.5) is 0 Å².